The van der Waals surface area contributed by atoms with Crippen LogP contribution in [0.5, 0.6) is 0 Å². The van der Waals surface area contributed by atoms with Crippen molar-refractivity contribution in [3.05, 3.63) is 36.5 Å². The summed E-state index contributed by atoms with van der Waals surface area (Å²) in [4.78, 5) is 10.1. The van der Waals surface area contributed by atoms with Gasteiger partial charge in [0.25, 0.3) is 0 Å². The van der Waals surface area contributed by atoms with Gasteiger partial charge in [-0.3, -0.25) is 0 Å². The maximum Gasteiger partial charge on any atom is 0.119 e. The van der Waals surface area contributed by atoms with Crippen LogP contribution in [0.3, 0.4) is 0 Å². The third-order valence-corrected chi connectivity index (χ3v) is 2.96. The summed E-state index contributed by atoms with van der Waals surface area (Å²) in [6, 6.07) is 0. The topological polar surface area (TPSA) is 17.1 Å². The monoisotopic (exact) mass is 262 g/mol. The van der Waals surface area contributed by atoms with Crippen LogP contribution in [0, 0.1) is 0 Å². The van der Waals surface area contributed by atoms with E-state index in [4.69, 9.17) is 0 Å². The van der Waals surface area contributed by atoms with Crippen LogP contribution in [0.4, 0.5) is 0 Å². The van der Waals surface area contributed by atoms with Crippen molar-refractivity contribution in [2.75, 3.05) is 0 Å². The van der Waals surface area contributed by atoms with E-state index in [1.165, 1.54) is 25.7 Å². The van der Waals surface area contributed by atoms with Crippen LogP contribution in [0.1, 0.15) is 71.1 Å². The van der Waals surface area contributed by atoms with Crippen LogP contribution in [0.15, 0.2) is 36.5 Å². The number of rotatable bonds is 13. The molecular weight excluding hydrogens is 232 g/mol. The normalized spacial score (nSPS) is 12.1. The summed E-state index contributed by atoms with van der Waals surface area (Å²) < 4.78 is 0. The first-order valence-corrected chi connectivity index (χ1v) is 7.80. The molecular formula is C18H30O. The predicted molar refractivity (Wildman–Crippen MR) is 85.3 cm³/mol. The molecule has 0 atom stereocenters. The summed E-state index contributed by atoms with van der Waals surface area (Å²) in [6.45, 7) is 2.24. The second-order valence-corrected chi connectivity index (χ2v) is 4.83. The van der Waals surface area contributed by atoms with Crippen LogP contribution in [0.2, 0.25) is 0 Å². The third kappa shape index (κ3) is 16.9. The fraction of sp³-hybridized carbons (Fsp3) is 0.611. The molecule has 0 rings (SSSR count). The van der Waals surface area contributed by atoms with Crippen molar-refractivity contribution in [3.8, 4) is 0 Å². The van der Waals surface area contributed by atoms with E-state index in [1.54, 1.807) is 0 Å². The number of aldehydes is 1. The third-order valence-electron chi connectivity index (χ3n) is 2.96. The van der Waals surface area contributed by atoms with Gasteiger partial charge in [-0.15, -0.1) is 0 Å². The summed E-state index contributed by atoms with van der Waals surface area (Å²) in [5.41, 5.74) is 0. The van der Waals surface area contributed by atoms with Gasteiger partial charge in [0.1, 0.15) is 6.29 Å². The van der Waals surface area contributed by atoms with E-state index in [2.05, 4.69) is 43.4 Å². The van der Waals surface area contributed by atoms with E-state index in [-0.39, 0.29) is 0 Å². The molecule has 0 aromatic carbocycles. The molecule has 0 radical (unpaired) electrons. The predicted octanol–water partition coefficient (Wildman–Crippen LogP) is 5.77. The minimum absolute atomic E-state index is 0.707. The van der Waals surface area contributed by atoms with Crippen LogP contribution < -0.4 is 0 Å². The second kappa shape index (κ2) is 16.9. The number of unbranched alkanes of at least 4 members (excludes halogenated alkanes) is 6. The molecule has 0 aromatic rings. The van der Waals surface area contributed by atoms with Gasteiger partial charge >= 0.3 is 0 Å². The number of hydrogen-bond acceptors (Lipinski definition) is 1. The highest BCUT2D eigenvalue weighted by Crippen LogP contribution is 2.01. The summed E-state index contributed by atoms with van der Waals surface area (Å²) in [5, 5.41) is 0. The number of allylic oxidation sites excluding steroid dienone is 6. The molecule has 0 heterocycles. The van der Waals surface area contributed by atoms with Crippen molar-refractivity contribution in [2.24, 2.45) is 0 Å². The summed E-state index contributed by atoms with van der Waals surface area (Å²) >= 11 is 0. The molecule has 0 spiro atoms. The molecule has 0 saturated carbocycles. The molecule has 0 aromatic heterocycles. The number of hydrogen-bond donors (Lipinski definition) is 0. The van der Waals surface area contributed by atoms with Gasteiger partial charge in [-0.2, -0.15) is 0 Å². The Morgan fingerprint density at radius 1 is 0.632 bits per heavy atom. The minimum atomic E-state index is 0.707. The smallest absolute Gasteiger partial charge is 0.119 e. The Morgan fingerprint density at radius 3 is 1.63 bits per heavy atom. The average Bonchev–Trinajstić information content (AvgIpc) is 2.43. The first-order chi connectivity index (χ1) is 9.41. The molecule has 108 valence electrons. The second-order valence-electron chi connectivity index (χ2n) is 4.83. The summed E-state index contributed by atoms with van der Waals surface area (Å²) in [7, 11) is 0. The average molecular weight is 262 g/mol. The molecule has 19 heavy (non-hydrogen) atoms. The fourth-order valence-corrected chi connectivity index (χ4v) is 1.78. The molecule has 1 nitrogen and oxygen atoms in total. The van der Waals surface area contributed by atoms with Crippen molar-refractivity contribution >= 4 is 6.29 Å². The lowest BCUT2D eigenvalue weighted by atomic mass is 10.2. The largest absolute Gasteiger partial charge is 0.303 e. The van der Waals surface area contributed by atoms with Crippen molar-refractivity contribution < 1.29 is 4.79 Å². The highest BCUT2D eigenvalue weighted by molar-refractivity contribution is 5.48. The molecule has 0 bridgehead atoms. The van der Waals surface area contributed by atoms with Crippen LogP contribution >= 0.6 is 0 Å². The summed E-state index contributed by atoms with van der Waals surface area (Å²) in [5.74, 6) is 0. The molecule has 0 unspecified atom stereocenters. The molecule has 1 heteroatoms. The van der Waals surface area contributed by atoms with Crippen LogP contribution in [0.25, 0.3) is 0 Å². The van der Waals surface area contributed by atoms with E-state index >= 15 is 0 Å². The van der Waals surface area contributed by atoms with Gasteiger partial charge in [0.2, 0.25) is 0 Å². The van der Waals surface area contributed by atoms with E-state index in [1.807, 2.05) is 0 Å². The maximum atomic E-state index is 10.1. The van der Waals surface area contributed by atoms with E-state index < -0.39 is 0 Å². The minimum Gasteiger partial charge on any atom is -0.303 e. The Labute approximate surface area is 119 Å². The van der Waals surface area contributed by atoms with Gasteiger partial charge < -0.3 is 4.79 Å². The Hall–Kier alpha value is -1.11. The Kier molecular flexibility index (Phi) is 15.9. The van der Waals surface area contributed by atoms with Gasteiger partial charge in [0.15, 0.2) is 0 Å². The lowest BCUT2D eigenvalue weighted by Crippen LogP contribution is -1.75. The zero-order chi connectivity index (χ0) is 14.0. The van der Waals surface area contributed by atoms with E-state index in [0.29, 0.717) is 6.42 Å². The summed E-state index contributed by atoms with van der Waals surface area (Å²) in [6.07, 6.45) is 25.7. The van der Waals surface area contributed by atoms with Crippen molar-refractivity contribution in [1.82, 2.24) is 0 Å². The number of carbonyl (C=O) groups is 1. The first-order valence-electron chi connectivity index (χ1n) is 7.80. The molecule has 0 aliphatic carbocycles. The Bertz CT molecular complexity index is 261. The van der Waals surface area contributed by atoms with Gasteiger partial charge in [-0.05, 0) is 44.9 Å². The van der Waals surface area contributed by atoms with E-state index in [9.17, 15) is 4.79 Å². The SMILES string of the molecule is CCCCC/C=C/C/C=C/C/C=C/CCCCC=O. The van der Waals surface area contributed by atoms with Gasteiger partial charge in [-0.25, -0.2) is 0 Å². The lowest BCUT2D eigenvalue weighted by Gasteiger charge is -1.91. The zero-order valence-electron chi connectivity index (χ0n) is 12.5. The number of carbonyl (C=O) groups excluding carboxylic acids is 1. The standard InChI is InChI=1S/C18H30O/c1-2-3-4-5-6-7-8-9-10-11-12-13-14-15-16-17-18-19/h6-7,9-10,12-13,18H,2-5,8,11,14-17H2,1H3/b7-6+,10-9+,13-12+. The van der Waals surface area contributed by atoms with Crippen molar-refractivity contribution in [2.45, 2.75) is 71.1 Å². The molecule has 0 aliphatic heterocycles. The van der Waals surface area contributed by atoms with Gasteiger partial charge in [-0.1, -0.05) is 56.2 Å². The Balaban J connectivity index is 3.28. The molecule has 0 fully saturated rings. The molecule has 0 N–H and O–H groups in total. The van der Waals surface area contributed by atoms with Crippen LogP contribution in [-0.4, -0.2) is 6.29 Å². The highest BCUT2D eigenvalue weighted by Gasteiger charge is 1.83. The first kappa shape index (κ1) is 17.9. The lowest BCUT2D eigenvalue weighted by molar-refractivity contribution is -0.107. The Morgan fingerprint density at radius 2 is 1.11 bits per heavy atom. The maximum absolute atomic E-state index is 10.1. The van der Waals surface area contributed by atoms with Crippen molar-refractivity contribution in [3.63, 3.8) is 0 Å². The van der Waals surface area contributed by atoms with Gasteiger partial charge in [0.05, 0.1) is 0 Å². The quantitative estimate of drug-likeness (QED) is 0.234. The fourth-order valence-electron chi connectivity index (χ4n) is 1.78. The van der Waals surface area contributed by atoms with E-state index in [0.717, 1.165) is 38.4 Å². The van der Waals surface area contributed by atoms with Gasteiger partial charge in [0, 0.05) is 6.42 Å². The zero-order valence-corrected chi connectivity index (χ0v) is 12.5. The molecule has 0 amide bonds. The molecule has 0 saturated heterocycles. The van der Waals surface area contributed by atoms with Crippen molar-refractivity contribution in [1.29, 1.82) is 0 Å². The highest BCUT2D eigenvalue weighted by atomic mass is 16.1. The van der Waals surface area contributed by atoms with Crippen LogP contribution in [-0.2, 0) is 4.79 Å². The molecule has 0 aliphatic rings.